The van der Waals surface area contributed by atoms with E-state index in [-0.39, 0.29) is 17.7 Å². The minimum Gasteiger partial charge on any atom is -0.342 e. The predicted octanol–water partition coefficient (Wildman–Crippen LogP) is 2.17. The van der Waals surface area contributed by atoms with E-state index in [9.17, 15) is 9.59 Å². The SMILES string of the molecule is Cc1cccc(C)c1CN1C(=O)C(C(C)C)NC(=O)C1C. The minimum absolute atomic E-state index is 0.0137. The molecule has 114 valence electrons. The zero-order chi connectivity index (χ0) is 15.7. The molecule has 0 radical (unpaired) electrons. The molecule has 0 aliphatic carbocycles. The number of rotatable bonds is 3. The lowest BCUT2D eigenvalue weighted by atomic mass is 9.96. The summed E-state index contributed by atoms with van der Waals surface area (Å²) in [5.41, 5.74) is 3.44. The summed E-state index contributed by atoms with van der Waals surface area (Å²) in [7, 11) is 0. The molecule has 1 aliphatic rings. The monoisotopic (exact) mass is 288 g/mol. The number of hydrogen-bond donors (Lipinski definition) is 1. The van der Waals surface area contributed by atoms with Crippen molar-refractivity contribution in [1.29, 1.82) is 0 Å². The number of nitrogens with zero attached hydrogens (tertiary/aromatic N) is 1. The van der Waals surface area contributed by atoms with Crippen molar-refractivity contribution in [3.63, 3.8) is 0 Å². The summed E-state index contributed by atoms with van der Waals surface area (Å²) in [5, 5.41) is 2.83. The Hall–Kier alpha value is -1.84. The first kappa shape index (κ1) is 15.5. The maximum atomic E-state index is 12.7. The third-order valence-electron chi connectivity index (χ3n) is 4.33. The Morgan fingerprint density at radius 1 is 1.19 bits per heavy atom. The predicted molar refractivity (Wildman–Crippen MR) is 82.7 cm³/mol. The Balaban J connectivity index is 2.32. The van der Waals surface area contributed by atoms with E-state index in [0.29, 0.717) is 6.54 Å². The molecule has 2 amide bonds. The Morgan fingerprint density at radius 2 is 1.76 bits per heavy atom. The van der Waals surface area contributed by atoms with Crippen LogP contribution in [0.4, 0.5) is 0 Å². The van der Waals surface area contributed by atoms with Crippen molar-refractivity contribution in [2.45, 2.75) is 53.2 Å². The Bertz CT molecular complexity index is 546. The molecule has 0 bridgehead atoms. The minimum atomic E-state index is -0.425. The average molecular weight is 288 g/mol. The van der Waals surface area contributed by atoms with E-state index in [1.54, 1.807) is 11.8 Å². The second-order valence-electron chi connectivity index (χ2n) is 6.24. The summed E-state index contributed by atoms with van der Waals surface area (Å²) < 4.78 is 0. The summed E-state index contributed by atoms with van der Waals surface area (Å²) in [6, 6.07) is 5.26. The second-order valence-corrected chi connectivity index (χ2v) is 6.24. The van der Waals surface area contributed by atoms with Gasteiger partial charge in [-0.15, -0.1) is 0 Å². The quantitative estimate of drug-likeness (QED) is 0.926. The number of amides is 2. The van der Waals surface area contributed by atoms with Gasteiger partial charge in [0.2, 0.25) is 11.8 Å². The second kappa shape index (κ2) is 5.88. The van der Waals surface area contributed by atoms with Crippen LogP contribution in [0.15, 0.2) is 18.2 Å². The molecule has 21 heavy (non-hydrogen) atoms. The fraction of sp³-hybridized carbons (Fsp3) is 0.529. The van der Waals surface area contributed by atoms with Crippen molar-refractivity contribution < 1.29 is 9.59 Å². The summed E-state index contributed by atoms with van der Waals surface area (Å²) in [5.74, 6) is 0.0358. The molecule has 1 saturated heterocycles. The van der Waals surface area contributed by atoms with Gasteiger partial charge in [0.15, 0.2) is 0 Å². The van der Waals surface area contributed by atoms with Crippen molar-refractivity contribution in [2.24, 2.45) is 5.92 Å². The number of benzene rings is 1. The third kappa shape index (κ3) is 2.94. The molecule has 2 atom stereocenters. The molecule has 1 aromatic carbocycles. The first-order valence-corrected chi connectivity index (χ1v) is 7.49. The lowest BCUT2D eigenvalue weighted by molar-refractivity contribution is -0.150. The highest BCUT2D eigenvalue weighted by Gasteiger charge is 2.39. The molecule has 1 N–H and O–H groups in total. The molecule has 4 heteroatoms. The molecule has 0 spiro atoms. The Morgan fingerprint density at radius 3 is 2.29 bits per heavy atom. The Labute approximate surface area is 126 Å². The number of carbonyl (C=O) groups excluding carboxylic acids is 2. The largest absolute Gasteiger partial charge is 0.342 e. The van der Waals surface area contributed by atoms with Crippen molar-refractivity contribution in [1.82, 2.24) is 10.2 Å². The van der Waals surface area contributed by atoms with Crippen LogP contribution in [0.1, 0.15) is 37.5 Å². The van der Waals surface area contributed by atoms with E-state index in [0.717, 1.165) is 16.7 Å². The molecule has 1 heterocycles. The molecular formula is C17H24N2O2. The van der Waals surface area contributed by atoms with Gasteiger partial charge in [-0.2, -0.15) is 0 Å². The van der Waals surface area contributed by atoms with Crippen molar-refractivity contribution in [3.05, 3.63) is 34.9 Å². The molecule has 2 unspecified atom stereocenters. The zero-order valence-corrected chi connectivity index (χ0v) is 13.4. The number of carbonyl (C=O) groups is 2. The number of hydrogen-bond acceptors (Lipinski definition) is 2. The van der Waals surface area contributed by atoms with E-state index in [2.05, 4.69) is 5.32 Å². The van der Waals surface area contributed by atoms with E-state index in [4.69, 9.17) is 0 Å². The summed E-state index contributed by atoms with van der Waals surface area (Å²) in [4.78, 5) is 26.5. The van der Waals surface area contributed by atoms with E-state index in [1.807, 2.05) is 45.9 Å². The molecule has 0 saturated carbocycles. The van der Waals surface area contributed by atoms with Gasteiger partial charge in [-0.3, -0.25) is 9.59 Å². The lowest BCUT2D eigenvalue weighted by Crippen LogP contribution is -2.63. The number of piperazine rings is 1. The van der Waals surface area contributed by atoms with E-state index in [1.165, 1.54) is 0 Å². The van der Waals surface area contributed by atoms with Crippen LogP contribution in [0.5, 0.6) is 0 Å². The van der Waals surface area contributed by atoms with Crippen LogP contribution in [0.25, 0.3) is 0 Å². The molecule has 1 aliphatic heterocycles. The number of nitrogens with one attached hydrogen (secondary N) is 1. The zero-order valence-electron chi connectivity index (χ0n) is 13.4. The molecule has 0 aromatic heterocycles. The first-order valence-electron chi connectivity index (χ1n) is 7.49. The molecule has 1 aromatic rings. The van der Waals surface area contributed by atoms with Gasteiger partial charge in [-0.1, -0.05) is 32.0 Å². The van der Waals surface area contributed by atoms with Gasteiger partial charge in [-0.05, 0) is 43.4 Å². The fourth-order valence-corrected chi connectivity index (χ4v) is 2.78. The van der Waals surface area contributed by atoms with Gasteiger partial charge < -0.3 is 10.2 Å². The number of aryl methyl sites for hydroxylation is 2. The van der Waals surface area contributed by atoms with Crippen molar-refractivity contribution in [2.75, 3.05) is 0 Å². The van der Waals surface area contributed by atoms with Crippen LogP contribution in [-0.2, 0) is 16.1 Å². The third-order valence-corrected chi connectivity index (χ3v) is 4.33. The fourth-order valence-electron chi connectivity index (χ4n) is 2.78. The van der Waals surface area contributed by atoms with Crippen LogP contribution in [0, 0.1) is 19.8 Å². The lowest BCUT2D eigenvalue weighted by Gasteiger charge is -2.39. The summed E-state index contributed by atoms with van der Waals surface area (Å²) >= 11 is 0. The first-order chi connectivity index (χ1) is 9.82. The average Bonchev–Trinajstić information content (AvgIpc) is 2.41. The standard InChI is InChI=1S/C17H24N2O2/c1-10(2)15-17(21)19(13(5)16(20)18-15)9-14-11(3)7-6-8-12(14)4/h6-8,10,13,15H,9H2,1-5H3,(H,18,20). The van der Waals surface area contributed by atoms with E-state index < -0.39 is 12.1 Å². The van der Waals surface area contributed by atoms with Crippen LogP contribution in [-0.4, -0.2) is 28.8 Å². The summed E-state index contributed by atoms with van der Waals surface area (Å²) in [6.07, 6.45) is 0. The molecular weight excluding hydrogens is 264 g/mol. The summed E-state index contributed by atoms with van der Waals surface area (Å²) in [6.45, 7) is 10.3. The smallest absolute Gasteiger partial charge is 0.246 e. The van der Waals surface area contributed by atoms with Crippen molar-refractivity contribution in [3.8, 4) is 0 Å². The van der Waals surface area contributed by atoms with Gasteiger partial charge in [-0.25, -0.2) is 0 Å². The maximum absolute atomic E-state index is 12.7. The van der Waals surface area contributed by atoms with Gasteiger partial charge in [0.25, 0.3) is 0 Å². The highest BCUT2D eigenvalue weighted by molar-refractivity contribution is 5.96. The highest BCUT2D eigenvalue weighted by atomic mass is 16.2. The maximum Gasteiger partial charge on any atom is 0.246 e. The normalized spacial score (nSPS) is 22.7. The molecule has 4 nitrogen and oxygen atoms in total. The van der Waals surface area contributed by atoms with Gasteiger partial charge >= 0.3 is 0 Å². The van der Waals surface area contributed by atoms with E-state index >= 15 is 0 Å². The molecule has 1 fully saturated rings. The van der Waals surface area contributed by atoms with Crippen LogP contribution < -0.4 is 5.32 Å². The Kier molecular flexibility index (Phi) is 4.35. The van der Waals surface area contributed by atoms with Crippen LogP contribution >= 0.6 is 0 Å². The topological polar surface area (TPSA) is 49.4 Å². The highest BCUT2D eigenvalue weighted by Crippen LogP contribution is 2.21. The van der Waals surface area contributed by atoms with Crippen LogP contribution in [0.2, 0.25) is 0 Å². The van der Waals surface area contributed by atoms with Gasteiger partial charge in [0.05, 0.1) is 0 Å². The van der Waals surface area contributed by atoms with Crippen molar-refractivity contribution >= 4 is 11.8 Å². The van der Waals surface area contributed by atoms with Gasteiger partial charge in [0, 0.05) is 6.54 Å². The van der Waals surface area contributed by atoms with Gasteiger partial charge in [0.1, 0.15) is 12.1 Å². The van der Waals surface area contributed by atoms with Crippen LogP contribution in [0.3, 0.4) is 0 Å². The molecule has 2 rings (SSSR count).